The highest BCUT2D eigenvalue weighted by Crippen LogP contribution is 2.44. The van der Waals surface area contributed by atoms with Gasteiger partial charge < -0.3 is 35.4 Å². The topological polar surface area (TPSA) is 169 Å². The molecule has 4 N–H and O–H groups in total. The number of amides is 4. The maximum absolute atomic E-state index is 16.0. The number of pyridine rings is 1. The number of hydrogen-bond acceptors (Lipinski definition) is 12. The van der Waals surface area contributed by atoms with Crippen LogP contribution in [0.3, 0.4) is 0 Å². The van der Waals surface area contributed by atoms with E-state index in [0.717, 1.165) is 70.4 Å². The quantitative estimate of drug-likeness (QED) is 0.172. The molecule has 6 aliphatic heterocycles. The number of imide groups is 1. The number of carbonyl (C=O) groups is 4. The van der Waals surface area contributed by atoms with Crippen LogP contribution in [0.4, 0.5) is 10.2 Å². The Morgan fingerprint density at radius 2 is 1.84 bits per heavy atom. The summed E-state index contributed by atoms with van der Waals surface area (Å²) < 4.78 is 22.0. The number of carbonyl (C=O) groups excluding carboxylic acids is 4. The Kier molecular flexibility index (Phi) is 11.0. The number of aliphatic imine (C=N–C) groups is 1. The average Bonchev–Trinajstić information content (AvgIpc) is 3.71. The van der Waals surface area contributed by atoms with Crippen molar-refractivity contribution in [3.8, 4) is 5.75 Å². The van der Waals surface area contributed by atoms with Crippen LogP contribution in [-0.2, 0) is 16.1 Å². The van der Waals surface area contributed by atoms with Crippen LogP contribution in [0.2, 0.25) is 5.02 Å². The predicted octanol–water partition coefficient (Wildman–Crippen LogP) is 4.58. The van der Waals surface area contributed by atoms with Crippen LogP contribution in [0.25, 0.3) is 5.70 Å². The number of rotatable bonds is 12. The minimum Gasteiger partial charge on any atom is -0.494 e. The Hall–Kier alpha value is -5.84. The van der Waals surface area contributed by atoms with Crippen molar-refractivity contribution in [2.45, 2.75) is 63.8 Å². The summed E-state index contributed by atoms with van der Waals surface area (Å²) in [6.45, 7) is 5.88. The Morgan fingerprint density at radius 3 is 2.61 bits per heavy atom. The number of nitrogens with two attached hydrogens (primary N) is 1. The van der Waals surface area contributed by atoms with E-state index in [1.165, 1.54) is 18.3 Å². The van der Waals surface area contributed by atoms with E-state index in [2.05, 4.69) is 40.2 Å². The summed E-state index contributed by atoms with van der Waals surface area (Å²) in [6.07, 6.45) is 10.6. The molecule has 7 heterocycles. The summed E-state index contributed by atoms with van der Waals surface area (Å²) in [5.41, 5.74) is 9.90. The molecule has 15 nitrogen and oxygen atoms in total. The first-order valence-electron chi connectivity index (χ1n) is 20.8. The lowest BCUT2D eigenvalue weighted by Crippen LogP contribution is -2.63. The van der Waals surface area contributed by atoms with Crippen molar-refractivity contribution in [2.75, 3.05) is 51.7 Å². The van der Waals surface area contributed by atoms with Gasteiger partial charge >= 0.3 is 0 Å². The number of ether oxygens (including phenoxy) is 1. The number of amidine groups is 1. The molecular weight excluding hydrogens is 803 g/mol. The van der Waals surface area contributed by atoms with Gasteiger partial charge in [0.15, 0.2) is 6.29 Å². The van der Waals surface area contributed by atoms with Gasteiger partial charge in [-0.1, -0.05) is 11.6 Å². The van der Waals surface area contributed by atoms with Gasteiger partial charge in [-0.05, 0) is 105 Å². The fourth-order valence-corrected chi connectivity index (χ4v) is 9.82. The zero-order valence-corrected chi connectivity index (χ0v) is 34.7. The molecule has 318 valence electrons. The van der Waals surface area contributed by atoms with Crippen molar-refractivity contribution in [1.29, 1.82) is 0 Å². The van der Waals surface area contributed by atoms with Gasteiger partial charge in [0.1, 0.15) is 35.0 Å². The number of hydrogen-bond donors (Lipinski definition) is 3. The number of likely N-dealkylation sites (tertiary alicyclic amines) is 2. The third-order valence-corrected chi connectivity index (χ3v) is 13.0. The van der Waals surface area contributed by atoms with Crippen LogP contribution in [0.1, 0.15) is 76.8 Å². The smallest absolute Gasteiger partial charge is 0.256 e. The number of piperidine rings is 2. The van der Waals surface area contributed by atoms with Crippen molar-refractivity contribution in [3.63, 3.8) is 0 Å². The molecule has 9 rings (SSSR count). The Bertz CT molecular complexity index is 2370. The third-order valence-electron chi connectivity index (χ3n) is 12.7. The molecule has 0 radical (unpaired) electrons. The van der Waals surface area contributed by atoms with E-state index in [4.69, 9.17) is 22.1 Å². The number of anilines is 1. The lowest BCUT2D eigenvalue weighted by molar-refractivity contribution is -0.136. The average molecular weight is 851 g/mol. The number of nitrogens with one attached hydrogen (secondary N) is 2. The number of aromatic nitrogens is 1. The van der Waals surface area contributed by atoms with Gasteiger partial charge in [-0.15, -0.1) is 0 Å². The number of halogens is 2. The van der Waals surface area contributed by atoms with Crippen LogP contribution in [0, 0.1) is 11.2 Å². The summed E-state index contributed by atoms with van der Waals surface area (Å²) in [5.74, 6) is -0.670. The second-order valence-corrected chi connectivity index (χ2v) is 17.2. The van der Waals surface area contributed by atoms with E-state index in [0.29, 0.717) is 64.1 Å². The van der Waals surface area contributed by atoms with Crippen LogP contribution >= 0.6 is 11.6 Å². The van der Waals surface area contributed by atoms with Gasteiger partial charge in [0.05, 0.1) is 12.3 Å². The van der Waals surface area contributed by atoms with Gasteiger partial charge in [-0.25, -0.2) is 14.4 Å². The standard InChI is InChI=1S/C44H48ClFN10O5/c1-52-37(32-7-5-27(22-33(32)46)40(58)50-35-23-29(45)11-14-48-35)38-39(47)49-15-19-55(38)43(52)54-17-12-44(13-18-54)25-53(26-44)16-3-2-4-20-61-30-6-8-31-28(21-30)24-56(42(31)60)34-9-10-36(57)51-41(34)59/h5-8,11,14-15,19,21-23,34,43H,2-4,9-10,12-13,16-18,20,24-26H2,1H3,(H2,47,49)(H,48,50,58)(H,51,57,59). The van der Waals surface area contributed by atoms with Gasteiger partial charge in [0, 0.05) is 86.5 Å². The zero-order valence-electron chi connectivity index (χ0n) is 33.9. The highest BCUT2D eigenvalue weighted by molar-refractivity contribution is 6.30. The first-order valence-corrected chi connectivity index (χ1v) is 21.2. The van der Waals surface area contributed by atoms with E-state index in [-0.39, 0.29) is 35.9 Å². The van der Waals surface area contributed by atoms with E-state index in [1.54, 1.807) is 35.4 Å². The second-order valence-electron chi connectivity index (χ2n) is 16.8. The molecule has 1 aromatic heterocycles. The molecule has 1 spiro atoms. The minimum atomic E-state index is -0.632. The number of fused-ring (bicyclic) bond motifs is 2. The van der Waals surface area contributed by atoms with Gasteiger partial charge in [0.25, 0.3) is 11.8 Å². The summed E-state index contributed by atoms with van der Waals surface area (Å²) in [4.78, 5) is 69.0. The third kappa shape index (κ3) is 7.95. The largest absolute Gasteiger partial charge is 0.494 e. The van der Waals surface area contributed by atoms with E-state index in [9.17, 15) is 19.2 Å². The molecule has 17 heteroatoms. The lowest BCUT2D eigenvalue weighted by atomic mass is 9.72. The fourth-order valence-electron chi connectivity index (χ4n) is 9.66. The molecule has 3 saturated heterocycles. The van der Waals surface area contributed by atoms with Gasteiger partial charge in [-0.3, -0.25) is 29.4 Å². The fraction of sp³-hybridized carbons (Fsp3) is 0.409. The molecule has 2 atom stereocenters. The maximum atomic E-state index is 16.0. The van der Waals surface area contributed by atoms with Crippen LogP contribution in [-0.4, -0.2) is 118 Å². The van der Waals surface area contributed by atoms with Crippen LogP contribution in [0.15, 0.2) is 77.8 Å². The van der Waals surface area contributed by atoms with Crippen molar-refractivity contribution in [1.82, 2.24) is 34.8 Å². The zero-order chi connectivity index (χ0) is 42.4. The van der Waals surface area contributed by atoms with E-state index < -0.39 is 23.7 Å². The first kappa shape index (κ1) is 40.6. The van der Waals surface area contributed by atoms with Crippen LogP contribution < -0.4 is 21.1 Å². The molecule has 0 bridgehead atoms. The summed E-state index contributed by atoms with van der Waals surface area (Å²) in [5, 5.41) is 5.43. The molecule has 61 heavy (non-hydrogen) atoms. The van der Waals surface area contributed by atoms with Gasteiger partial charge in [0.2, 0.25) is 11.8 Å². The van der Waals surface area contributed by atoms with Crippen molar-refractivity contribution >= 4 is 52.6 Å². The van der Waals surface area contributed by atoms with Crippen molar-refractivity contribution < 1.29 is 28.3 Å². The molecule has 6 aliphatic rings. The molecule has 0 aliphatic carbocycles. The highest BCUT2D eigenvalue weighted by atomic mass is 35.5. The Balaban J connectivity index is 0.728. The predicted molar refractivity (Wildman–Crippen MR) is 226 cm³/mol. The summed E-state index contributed by atoms with van der Waals surface area (Å²) in [7, 11) is 1.95. The molecule has 2 unspecified atom stereocenters. The molecule has 2 aromatic carbocycles. The van der Waals surface area contributed by atoms with E-state index in [1.807, 2.05) is 25.4 Å². The summed E-state index contributed by atoms with van der Waals surface area (Å²) in [6, 6.07) is 12.4. The maximum Gasteiger partial charge on any atom is 0.256 e. The molecule has 0 saturated carbocycles. The SMILES string of the molecule is CN1C(c2ccc(C(=O)Nc3cc(Cl)ccn3)cc2F)=C2C(N)=NC=CN2C1N1CCC2(CC1)CN(CCCCCOc1ccc3c(c1)CN(C1CCC(=O)NC1=O)C3=O)C2. The first-order chi connectivity index (χ1) is 29.5. The van der Waals surface area contributed by atoms with Crippen LogP contribution in [0.5, 0.6) is 5.75 Å². The van der Waals surface area contributed by atoms with Crippen molar-refractivity contribution in [3.05, 3.63) is 106 Å². The minimum absolute atomic E-state index is 0.146. The van der Waals surface area contributed by atoms with Crippen molar-refractivity contribution in [2.24, 2.45) is 16.1 Å². The second kappa shape index (κ2) is 16.6. The molecule has 3 fully saturated rings. The number of unbranched alkanes of at least 4 members (excludes halogenated alkanes) is 2. The molecular formula is C44H48ClFN10O5. The molecule has 3 aromatic rings. The Morgan fingerprint density at radius 1 is 1.03 bits per heavy atom. The lowest BCUT2D eigenvalue weighted by Gasteiger charge is -2.55. The van der Waals surface area contributed by atoms with E-state index >= 15 is 4.39 Å². The molecule has 4 amide bonds. The Labute approximate surface area is 358 Å². The highest BCUT2D eigenvalue weighted by Gasteiger charge is 2.49. The number of nitrogens with zero attached hydrogens (tertiary/aromatic N) is 7. The monoisotopic (exact) mass is 850 g/mol. The number of benzene rings is 2. The summed E-state index contributed by atoms with van der Waals surface area (Å²) >= 11 is 6.03. The van der Waals surface area contributed by atoms with Gasteiger partial charge in [-0.2, -0.15) is 0 Å². The normalized spacial score (nSPS) is 22.3.